The molecule has 1 aliphatic rings. The Morgan fingerprint density at radius 3 is 3.00 bits per heavy atom. The van der Waals surface area contributed by atoms with E-state index in [9.17, 15) is 14.9 Å². The van der Waals surface area contributed by atoms with Crippen LogP contribution in [0, 0.1) is 10.1 Å². The number of rotatable bonds is 4. The van der Waals surface area contributed by atoms with Crippen LogP contribution in [-0.2, 0) is 14.3 Å². The monoisotopic (exact) mass is 333 g/mol. The number of carbonyl (C=O) groups is 1. The predicted molar refractivity (Wildman–Crippen MR) is 82.8 cm³/mol. The smallest absolute Gasteiger partial charge is 0.295 e. The van der Waals surface area contributed by atoms with Gasteiger partial charge >= 0.3 is 0 Å². The number of aromatic nitrogens is 1. The Bertz CT molecular complexity index is 786. The van der Waals surface area contributed by atoms with Crippen molar-refractivity contribution in [3.63, 3.8) is 0 Å². The molecule has 0 atom stereocenters. The molecule has 118 valence electrons. The second kappa shape index (κ2) is 6.44. The number of nitrogens with zero attached hydrogens (tertiary/aromatic N) is 2. The molecule has 0 fully saturated rings. The Morgan fingerprint density at radius 1 is 1.39 bits per heavy atom. The molecule has 0 saturated heterocycles. The fourth-order valence-corrected chi connectivity index (χ4v) is 2.60. The molecule has 0 bridgehead atoms. The van der Waals surface area contributed by atoms with Gasteiger partial charge in [-0.25, -0.2) is 4.98 Å². The maximum atomic E-state index is 11.9. The lowest BCUT2D eigenvalue weighted by molar-refractivity contribution is -0.384. The first-order valence-electron chi connectivity index (χ1n) is 6.60. The van der Waals surface area contributed by atoms with Gasteiger partial charge in [0.1, 0.15) is 19.5 Å². The average Bonchev–Trinajstić information content (AvgIpc) is 3.04. The van der Waals surface area contributed by atoms with E-state index in [1.807, 2.05) is 0 Å². The first kappa shape index (κ1) is 15.0. The molecule has 1 amide bonds. The van der Waals surface area contributed by atoms with E-state index >= 15 is 0 Å². The van der Waals surface area contributed by atoms with E-state index in [0.717, 1.165) is 0 Å². The Hall–Kier alpha value is -2.94. The number of non-ortho nitro benzene ring substituents is 1. The summed E-state index contributed by atoms with van der Waals surface area (Å²) in [5.41, 5.74) is 1.13. The van der Waals surface area contributed by atoms with E-state index in [2.05, 4.69) is 10.3 Å². The van der Waals surface area contributed by atoms with Crippen LogP contribution in [0.15, 0.2) is 41.7 Å². The number of amides is 1. The molecule has 1 N–H and O–H groups in total. The summed E-state index contributed by atoms with van der Waals surface area (Å²) in [7, 11) is 0. The molecule has 0 saturated carbocycles. The minimum Gasteiger partial charge on any atom is -0.494 e. The van der Waals surface area contributed by atoms with Crippen LogP contribution in [0.5, 0.6) is 0 Å². The second-order valence-electron chi connectivity index (χ2n) is 4.50. The third-order valence-electron chi connectivity index (χ3n) is 2.95. The van der Waals surface area contributed by atoms with Gasteiger partial charge in [0.25, 0.3) is 11.6 Å². The quantitative estimate of drug-likeness (QED) is 0.681. The van der Waals surface area contributed by atoms with E-state index in [1.165, 1.54) is 29.7 Å². The number of nitrogens with one attached hydrogen (secondary N) is 1. The largest absolute Gasteiger partial charge is 0.494 e. The molecule has 0 radical (unpaired) electrons. The molecule has 1 aromatic carbocycles. The van der Waals surface area contributed by atoms with Crippen molar-refractivity contribution in [1.29, 1.82) is 0 Å². The third kappa shape index (κ3) is 3.46. The van der Waals surface area contributed by atoms with Gasteiger partial charge in [-0.3, -0.25) is 20.2 Å². The number of ether oxygens (including phenoxy) is 2. The van der Waals surface area contributed by atoms with E-state index in [1.54, 1.807) is 17.5 Å². The maximum Gasteiger partial charge on any atom is 0.295 e. The zero-order valence-corrected chi connectivity index (χ0v) is 12.5. The highest BCUT2D eigenvalue weighted by molar-refractivity contribution is 7.14. The van der Waals surface area contributed by atoms with Crippen LogP contribution in [0.2, 0.25) is 0 Å². The lowest BCUT2D eigenvalue weighted by atomic mass is 10.1. The Labute approximate surface area is 134 Å². The number of carbonyl (C=O) groups excluding carboxylic acids is 1. The Kier molecular flexibility index (Phi) is 4.20. The van der Waals surface area contributed by atoms with Crippen molar-refractivity contribution in [3.8, 4) is 11.3 Å². The number of anilines is 1. The molecule has 9 heteroatoms. The second-order valence-corrected chi connectivity index (χ2v) is 5.36. The SMILES string of the molecule is O=C(Nc1nc(-c2cccc([N+](=O)[O-])c2)cs1)C1=COCCO1. The molecule has 0 spiro atoms. The first-order chi connectivity index (χ1) is 11.1. The van der Waals surface area contributed by atoms with Crippen LogP contribution in [0.3, 0.4) is 0 Å². The topological polar surface area (TPSA) is 104 Å². The minimum atomic E-state index is -0.467. The highest BCUT2D eigenvalue weighted by Crippen LogP contribution is 2.27. The summed E-state index contributed by atoms with van der Waals surface area (Å²) in [5.74, 6) is -0.368. The molecular weight excluding hydrogens is 322 g/mol. The van der Waals surface area contributed by atoms with Crippen molar-refractivity contribution >= 4 is 28.1 Å². The molecule has 3 rings (SSSR count). The molecule has 0 unspecified atom stereocenters. The normalized spacial score (nSPS) is 13.5. The highest BCUT2D eigenvalue weighted by Gasteiger charge is 2.17. The van der Waals surface area contributed by atoms with Crippen molar-refractivity contribution < 1.29 is 19.2 Å². The van der Waals surface area contributed by atoms with Gasteiger partial charge in [0, 0.05) is 23.1 Å². The van der Waals surface area contributed by atoms with Gasteiger partial charge in [0.15, 0.2) is 5.13 Å². The van der Waals surface area contributed by atoms with Crippen LogP contribution in [0.1, 0.15) is 0 Å². The average molecular weight is 333 g/mol. The summed E-state index contributed by atoms with van der Waals surface area (Å²) in [4.78, 5) is 26.5. The molecule has 0 aliphatic carbocycles. The van der Waals surface area contributed by atoms with E-state index in [4.69, 9.17) is 9.47 Å². The van der Waals surface area contributed by atoms with Gasteiger partial charge in [-0.05, 0) is 0 Å². The van der Waals surface area contributed by atoms with Crippen molar-refractivity contribution in [2.75, 3.05) is 18.5 Å². The first-order valence-corrected chi connectivity index (χ1v) is 7.48. The van der Waals surface area contributed by atoms with Gasteiger partial charge in [-0.1, -0.05) is 12.1 Å². The molecular formula is C14H11N3O5S. The third-order valence-corrected chi connectivity index (χ3v) is 3.71. The van der Waals surface area contributed by atoms with Crippen LogP contribution in [-0.4, -0.2) is 29.0 Å². The molecule has 2 aromatic rings. The lowest BCUT2D eigenvalue weighted by Crippen LogP contribution is -2.21. The summed E-state index contributed by atoms with van der Waals surface area (Å²) in [5, 5.41) is 15.5. The van der Waals surface area contributed by atoms with Crippen molar-refractivity contribution in [3.05, 3.63) is 51.8 Å². The number of thiazole rings is 1. The van der Waals surface area contributed by atoms with Crippen LogP contribution >= 0.6 is 11.3 Å². The number of nitro groups is 1. The maximum absolute atomic E-state index is 11.9. The van der Waals surface area contributed by atoms with E-state index in [-0.39, 0.29) is 11.4 Å². The fourth-order valence-electron chi connectivity index (χ4n) is 1.89. The summed E-state index contributed by atoms with van der Waals surface area (Å²) in [6.07, 6.45) is 1.26. The standard InChI is InChI=1S/C14H11N3O5S/c18-13(12-7-21-4-5-22-12)16-14-15-11(8-23-14)9-2-1-3-10(6-9)17(19)20/h1-3,6-8H,4-5H2,(H,15,16,18). The van der Waals surface area contributed by atoms with E-state index in [0.29, 0.717) is 29.6 Å². The summed E-state index contributed by atoms with van der Waals surface area (Å²) in [6.45, 7) is 0.723. The number of hydrogen-bond donors (Lipinski definition) is 1. The minimum absolute atomic E-state index is 0.0148. The number of benzene rings is 1. The fraction of sp³-hybridized carbons (Fsp3) is 0.143. The number of nitro benzene ring substituents is 1. The summed E-state index contributed by atoms with van der Waals surface area (Å²) >= 11 is 1.21. The number of hydrogen-bond acceptors (Lipinski definition) is 7. The molecule has 1 aromatic heterocycles. The predicted octanol–water partition coefficient (Wildman–Crippen LogP) is 2.55. The Balaban J connectivity index is 1.75. The highest BCUT2D eigenvalue weighted by atomic mass is 32.1. The summed E-state index contributed by atoms with van der Waals surface area (Å²) < 4.78 is 10.2. The van der Waals surface area contributed by atoms with Crippen LogP contribution < -0.4 is 5.32 Å². The molecule has 2 heterocycles. The van der Waals surface area contributed by atoms with Gasteiger partial charge in [0.05, 0.1) is 10.6 Å². The summed E-state index contributed by atoms with van der Waals surface area (Å²) in [6, 6.07) is 6.14. The van der Waals surface area contributed by atoms with Crippen LogP contribution in [0.4, 0.5) is 10.8 Å². The molecule has 23 heavy (non-hydrogen) atoms. The Morgan fingerprint density at radius 2 is 2.26 bits per heavy atom. The van der Waals surface area contributed by atoms with Crippen molar-refractivity contribution in [2.24, 2.45) is 0 Å². The van der Waals surface area contributed by atoms with Gasteiger partial charge in [-0.2, -0.15) is 0 Å². The van der Waals surface area contributed by atoms with Gasteiger partial charge in [0.2, 0.25) is 5.76 Å². The van der Waals surface area contributed by atoms with Gasteiger partial charge < -0.3 is 9.47 Å². The van der Waals surface area contributed by atoms with Crippen LogP contribution in [0.25, 0.3) is 11.3 Å². The van der Waals surface area contributed by atoms with Gasteiger partial charge in [-0.15, -0.1) is 11.3 Å². The zero-order valence-electron chi connectivity index (χ0n) is 11.7. The van der Waals surface area contributed by atoms with Crippen molar-refractivity contribution in [1.82, 2.24) is 4.98 Å². The van der Waals surface area contributed by atoms with E-state index < -0.39 is 10.8 Å². The molecule has 8 nitrogen and oxygen atoms in total. The lowest BCUT2D eigenvalue weighted by Gasteiger charge is -2.14. The zero-order chi connectivity index (χ0) is 16.2. The molecule has 1 aliphatic heterocycles. The van der Waals surface area contributed by atoms with Crippen molar-refractivity contribution in [2.45, 2.75) is 0 Å².